The Hall–Kier alpha value is -2.73. The fraction of sp³-hybridized carbons (Fsp3) is 0.0769. The molecule has 2 unspecified atom stereocenters. The van der Waals surface area contributed by atoms with Crippen molar-refractivity contribution in [2.24, 2.45) is 5.73 Å². The number of benzene rings is 4. The van der Waals surface area contributed by atoms with Gasteiger partial charge in [0.25, 0.3) is 0 Å². The van der Waals surface area contributed by atoms with Gasteiger partial charge in [-0.2, -0.15) is 0 Å². The van der Waals surface area contributed by atoms with Crippen LogP contribution in [0.5, 0.6) is 0 Å². The predicted molar refractivity (Wildman–Crippen MR) is 122 cm³/mol. The molecule has 0 heterocycles. The van der Waals surface area contributed by atoms with Crippen LogP contribution in [0.2, 0.25) is 0 Å². The summed E-state index contributed by atoms with van der Waals surface area (Å²) >= 11 is 0. The molecule has 0 spiro atoms. The van der Waals surface area contributed by atoms with Crippen LogP contribution in [0.1, 0.15) is 22.8 Å². The van der Waals surface area contributed by atoms with Crippen molar-refractivity contribution in [1.82, 2.24) is 0 Å². The molecule has 28 heavy (non-hydrogen) atoms. The van der Waals surface area contributed by atoms with Gasteiger partial charge < -0.3 is 5.73 Å². The molecule has 0 aromatic heterocycles. The molecule has 1 nitrogen and oxygen atoms in total. The van der Waals surface area contributed by atoms with Crippen LogP contribution in [0.4, 0.5) is 0 Å². The lowest BCUT2D eigenvalue weighted by Gasteiger charge is -2.34. The van der Waals surface area contributed by atoms with Gasteiger partial charge in [-0.15, -0.1) is 0 Å². The van der Waals surface area contributed by atoms with E-state index < -0.39 is 7.92 Å². The van der Waals surface area contributed by atoms with Crippen LogP contribution >= 0.6 is 7.92 Å². The predicted octanol–water partition coefficient (Wildman–Crippen LogP) is 5.56. The first-order valence-corrected chi connectivity index (χ1v) is 11.0. The van der Waals surface area contributed by atoms with Crippen molar-refractivity contribution in [2.75, 3.05) is 0 Å². The van der Waals surface area contributed by atoms with Gasteiger partial charge in [-0.3, -0.25) is 0 Å². The highest BCUT2D eigenvalue weighted by atomic mass is 31.1. The summed E-state index contributed by atoms with van der Waals surface area (Å²) in [7, 11) is -0.679. The van der Waals surface area contributed by atoms with Gasteiger partial charge in [0.15, 0.2) is 0 Å². The minimum Gasteiger partial charge on any atom is -0.323 e. The van der Waals surface area contributed by atoms with Gasteiger partial charge in [0.2, 0.25) is 0 Å². The van der Waals surface area contributed by atoms with Crippen LogP contribution in [0.25, 0.3) is 0 Å². The fourth-order valence-electron chi connectivity index (χ4n) is 3.67. The molecule has 0 bridgehead atoms. The molecule has 2 N–H and O–H groups in total. The van der Waals surface area contributed by atoms with Gasteiger partial charge in [-0.25, -0.2) is 0 Å². The summed E-state index contributed by atoms with van der Waals surface area (Å²) in [4.78, 5) is 0. The van der Waals surface area contributed by atoms with E-state index in [2.05, 4.69) is 115 Å². The molecule has 0 amide bonds. The van der Waals surface area contributed by atoms with Crippen LogP contribution in [-0.4, -0.2) is 0 Å². The Balaban J connectivity index is 1.89. The Kier molecular flexibility index (Phi) is 5.97. The Labute approximate surface area is 168 Å². The topological polar surface area (TPSA) is 26.0 Å². The van der Waals surface area contributed by atoms with Crippen molar-refractivity contribution in [3.8, 4) is 0 Å². The fourth-order valence-corrected chi connectivity index (χ4v) is 6.56. The van der Waals surface area contributed by atoms with Gasteiger partial charge in [-0.1, -0.05) is 121 Å². The highest BCUT2D eigenvalue weighted by Gasteiger charge is 2.31. The van der Waals surface area contributed by atoms with Crippen molar-refractivity contribution >= 4 is 18.5 Å². The Morgan fingerprint density at radius 2 is 0.821 bits per heavy atom. The van der Waals surface area contributed by atoms with E-state index in [0.717, 1.165) is 0 Å². The van der Waals surface area contributed by atoms with Gasteiger partial charge in [0.05, 0.1) is 0 Å². The van der Waals surface area contributed by atoms with Crippen molar-refractivity contribution in [3.63, 3.8) is 0 Å². The molecule has 0 fully saturated rings. The number of rotatable bonds is 6. The average Bonchev–Trinajstić information content (AvgIpc) is 2.79. The van der Waals surface area contributed by atoms with Gasteiger partial charge >= 0.3 is 0 Å². The molecule has 0 aliphatic rings. The van der Waals surface area contributed by atoms with E-state index in [1.165, 1.54) is 21.7 Å². The minimum atomic E-state index is -0.679. The van der Waals surface area contributed by atoms with Gasteiger partial charge in [-0.05, 0) is 29.7 Å². The summed E-state index contributed by atoms with van der Waals surface area (Å²) in [5, 5.41) is 2.70. The molecule has 0 saturated heterocycles. The summed E-state index contributed by atoms with van der Waals surface area (Å²) in [5.74, 6) is 0. The minimum absolute atomic E-state index is 0.0878. The van der Waals surface area contributed by atoms with Crippen LogP contribution in [-0.2, 0) is 0 Å². The van der Waals surface area contributed by atoms with E-state index in [1.54, 1.807) is 0 Å². The van der Waals surface area contributed by atoms with E-state index in [0.29, 0.717) is 0 Å². The second-order valence-electron chi connectivity index (χ2n) is 6.83. The first kappa shape index (κ1) is 18.6. The quantitative estimate of drug-likeness (QED) is 0.435. The smallest absolute Gasteiger partial charge is 0.0410 e. The van der Waals surface area contributed by atoms with Crippen molar-refractivity contribution < 1.29 is 0 Å². The van der Waals surface area contributed by atoms with Crippen LogP contribution in [0, 0.1) is 0 Å². The summed E-state index contributed by atoms with van der Waals surface area (Å²) in [6.07, 6.45) is 0. The molecular weight excluding hydrogens is 357 g/mol. The van der Waals surface area contributed by atoms with E-state index in [9.17, 15) is 0 Å². The summed E-state index contributed by atoms with van der Waals surface area (Å²) in [6, 6.07) is 42.8. The highest BCUT2D eigenvalue weighted by Crippen LogP contribution is 2.54. The summed E-state index contributed by atoms with van der Waals surface area (Å²) < 4.78 is 0. The zero-order valence-electron chi connectivity index (χ0n) is 15.7. The summed E-state index contributed by atoms with van der Waals surface area (Å²) in [5.41, 5.74) is 9.61. The number of nitrogens with two attached hydrogens (primary N) is 1. The Morgan fingerprint density at radius 1 is 0.464 bits per heavy atom. The van der Waals surface area contributed by atoms with E-state index in [-0.39, 0.29) is 11.7 Å². The van der Waals surface area contributed by atoms with Crippen molar-refractivity contribution in [2.45, 2.75) is 11.7 Å². The number of hydrogen-bond donors (Lipinski definition) is 1. The summed E-state index contributed by atoms with van der Waals surface area (Å²) in [6.45, 7) is 0. The lowest BCUT2D eigenvalue weighted by Crippen LogP contribution is -2.26. The zero-order chi connectivity index (χ0) is 19.2. The maximum atomic E-state index is 6.96. The van der Waals surface area contributed by atoms with E-state index >= 15 is 0 Å². The van der Waals surface area contributed by atoms with Crippen LogP contribution < -0.4 is 16.3 Å². The molecule has 2 heteroatoms. The van der Waals surface area contributed by atoms with Crippen LogP contribution in [0.15, 0.2) is 121 Å². The second kappa shape index (κ2) is 8.97. The third kappa shape index (κ3) is 4.07. The molecule has 0 radical (unpaired) electrons. The molecule has 0 aliphatic heterocycles. The molecule has 0 aliphatic carbocycles. The maximum Gasteiger partial charge on any atom is 0.0410 e. The molecule has 138 valence electrons. The zero-order valence-corrected chi connectivity index (χ0v) is 16.6. The Bertz CT molecular complexity index is 932. The molecule has 4 aromatic rings. The van der Waals surface area contributed by atoms with E-state index in [4.69, 9.17) is 5.73 Å². The monoisotopic (exact) mass is 381 g/mol. The van der Waals surface area contributed by atoms with Gasteiger partial charge in [0.1, 0.15) is 0 Å². The first-order chi connectivity index (χ1) is 13.8. The molecule has 2 atom stereocenters. The highest BCUT2D eigenvalue weighted by molar-refractivity contribution is 7.73. The SMILES string of the molecule is NC(c1ccccc1)C(c1ccccc1)P(c1ccccc1)c1ccccc1. The van der Waals surface area contributed by atoms with E-state index in [1.807, 2.05) is 6.07 Å². The first-order valence-electron chi connectivity index (χ1n) is 9.59. The normalized spacial score (nSPS) is 13.2. The van der Waals surface area contributed by atoms with Gasteiger partial charge in [0, 0.05) is 11.7 Å². The third-order valence-corrected chi connectivity index (χ3v) is 7.90. The second-order valence-corrected chi connectivity index (χ2v) is 9.16. The Morgan fingerprint density at radius 3 is 1.25 bits per heavy atom. The average molecular weight is 381 g/mol. The maximum absolute atomic E-state index is 6.96. The standard InChI is InChI=1S/C26H24NP/c27-25(21-13-5-1-6-14-21)26(22-15-7-2-8-16-22)28(23-17-9-3-10-18-23)24-19-11-4-12-20-24/h1-20,25-26H,27H2. The van der Waals surface area contributed by atoms with Crippen molar-refractivity contribution in [1.29, 1.82) is 0 Å². The largest absolute Gasteiger partial charge is 0.323 e. The van der Waals surface area contributed by atoms with Crippen molar-refractivity contribution in [3.05, 3.63) is 132 Å². The number of hydrogen-bond acceptors (Lipinski definition) is 1. The molecule has 4 rings (SSSR count). The lowest BCUT2D eigenvalue weighted by atomic mass is 9.99. The molecule has 4 aromatic carbocycles. The molecular formula is C26H24NP. The van der Waals surface area contributed by atoms with Crippen LogP contribution in [0.3, 0.4) is 0 Å². The molecule has 0 saturated carbocycles. The third-order valence-electron chi connectivity index (χ3n) is 5.01. The lowest BCUT2D eigenvalue weighted by molar-refractivity contribution is 0.700.